The number of carbonyl (C=O) groups is 3. The molecule has 0 fully saturated rings. The zero-order chi connectivity index (χ0) is 72.3. The number of carbonyl (C=O) groups excluding carboxylic acids is 3. The molecule has 0 heterocycles. The molecule has 0 aromatic rings. The number of ether oxygens (including phenoxy) is 3. The minimum absolute atomic E-state index is 0.0850. The van der Waals surface area contributed by atoms with Gasteiger partial charge >= 0.3 is 33.6 Å². The first kappa shape index (κ1) is 94.2. The molecular formula is C81H134O16P2. The van der Waals surface area contributed by atoms with Gasteiger partial charge in [0.1, 0.15) is 25.4 Å². The Bertz CT molecular complexity index is 2430. The number of allylic oxidation sites excluding steroid dienone is 26. The van der Waals surface area contributed by atoms with Crippen LogP contribution in [0.2, 0.25) is 0 Å². The van der Waals surface area contributed by atoms with E-state index in [0.29, 0.717) is 19.3 Å². The molecule has 0 spiro atoms. The van der Waals surface area contributed by atoms with Crippen molar-refractivity contribution in [1.29, 1.82) is 0 Å². The highest BCUT2D eigenvalue weighted by atomic mass is 31.2. The lowest BCUT2D eigenvalue weighted by molar-refractivity contribution is -0.161. The Hall–Kier alpha value is -4.83. The molecule has 5 unspecified atom stereocenters. The third-order valence-electron chi connectivity index (χ3n) is 15.2. The van der Waals surface area contributed by atoms with Crippen molar-refractivity contribution < 1.29 is 75.8 Å². The lowest BCUT2D eigenvalue weighted by atomic mass is 10.1. The van der Waals surface area contributed by atoms with E-state index in [9.17, 15) is 43.5 Å². The second kappa shape index (κ2) is 72.9. The summed E-state index contributed by atoms with van der Waals surface area (Å²) in [5.41, 5.74) is 0. The SMILES string of the molecule is CC/C=C\C/C=C\C/C=C\C/C=C\C/C=C\C/C=C\CCCCCCCCCCC(=O)OCC(O)COP(=O)(O)OCC(O)COP(=O)(O)OCC(COC(=O)CCCCCCCC/C=C\C/C=C\C/C=C\C/C=C\CC)OC(=O)CCCCCCCCC/C=C\C/C=C\C/C=C\CC. The fourth-order valence-corrected chi connectivity index (χ4v) is 11.2. The van der Waals surface area contributed by atoms with Crippen LogP contribution in [0.3, 0.4) is 0 Å². The topological polar surface area (TPSA) is 231 Å². The van der Waals surface area contributed by atoms with E-state index in [2.05, 4.69) is 179 Å². The Morgan fingerprint density at radius 2 is 0.505 bits per heavy atom. The summed E-state index contributed by atoms with van der Waals surface area (Å²) in [7, 11) is -9.81. The zero-order valence-corrected chi connectivity index (χ0v) is 63.1. The third kappa shape index (κ3) is 74.2. The van der Waals surface area contributed by atoms with E-state index >= 15 is 0 Å². The highest BCUT2D eigenvalue weighted by Crippen LogP contribution is 2.45. The van der Waals surface area contributed by atoms with Crippen molar-refractivity contribution in [2.24, 2.45) is 0 Å². The van der Waals surface area contributed by atoms with E-state index in [1.807, 2.05) is 0 Å². The number of unbranched alkanes of at least 4 members (excludes halogenated alkanes) is 21. The number of hydrogen-bond acceptors (Lipinski definition) is 14. The normalized spacial score (nSPS) is 14.9. The van der Waals surface area contributed by atoms with Gasteiger partial charge in [-0.3, -0.25) is 32.5 Å². The molecular weight excluding hydrogens is 1290 g/mol. The van der Waals surface area contributed by atoms with Gasteiger partial charge in [0.05, 0.1) is 26.4 Å². The van der Waals surface area contributed by atoms with E-state index in [0.717, 1.165) is 199 Å². The Kier molecular flexibility index (Phi) is 69.4. The van der Waals surface area contributed by atoms with E-state index in [1.54, 1.807) is 0 Å². The van der Waals surface area contributed by atoms with Crippen LogP contribution in [-0.4, -0.2) is 95.9 Å². The second-order valence-corrected chi connectivity index (χ2v) is 27.6. The molecule has 0 aliphatic rings. The summed E-state index contributed by atoms with van der Waals surface area (Å²) in [6, 6.07) is 0. The van der Waals surface area contributed by atoms with Crippen molar-refractivity contribution in [3.05, 3.63) is 158 Å². The first-order valence-corrected chi connectivity index (χ1v) is 40.8. The van der Waals surface area contributed by atoms with Crippen molar-refractivity contribution in [3.63, 3.8) is 0 Å². The van der Waals surface area contributed by atoms with Crippen LogP contribution >= 0.6 is 15.6 Å². The monoisotopic (exact) mass is 1420 g/mol. The predicted molar refractivity (Wildman–Crippen MR) is 408 cm³/mol. The molecule has 0 saturated heterocycles. The summed E-state index contributed by atoms with van der Waals surface area (Å²) in [4.78, 5) is 58.6. The summed E-state index contributed by atoms with van der Waals surface area (Å²) in [6.07, 6.45) is 89.9. The molecule has 564 valence electrons. The number of phosphoric acid groups is 2. The Balaban J connectivity index is 4.63. The van der Waals surface area contributed by atoms with Gasteiger partial charge in [-0.1, -0.05) is 275 Å². The largest absolute Gasteiger partial charge is 0.472 e. The fraction of sp³-hybridized carbons (Fsp3) is 0.642. The first-order valence-electron chi connectivity index (χ1n) is 37.8. The van der Waals surface area contributed by atoms with Crippen molar-refractivity contribution in [2.45, 2.75) is 296 Å². The number of esters is 3. The molecule has 99 heavy (non-hydrogen) atoms. The van der Waals surface area contributed by atoms with Gasteiger partial charge in [-0.25, -0.2) is 9.13 Å². The number of aliphatic hydroxyl groups is 2. The Labute approximate surface area is 600 Å². The van der Waals surface area contributed by atoms with Crippen LogP contribution in [0.25, 0.3) is 0 Å². The van der Waals surface area contributed by atoms with E-state index < -0.39 is 91.5 Å². The minimum Gasteiger partial charge on any atom is -0.463 e. The number of hydrogen-bond donors (Lipinski definition) is 4. The molecule has 0 rings (SSSR count). The van der Waals surface area contributed by atoms with E-state index in [-0.39, 0.29) is 19.3 Å². The van der Waals surface area contributed by atoms with Crippen molar-refractivity contribution in [1.82, 2.24) is 0 Å². The molecule has 18 heteroatoms. The van der Waals surface area contributed by atoms with Crippen LogP contribution in [0.5, 0.6) is 0 Å². The lowest BCUT2D eigenvalue weighted by Gasteiger charge is -2.21. The summed E-state index contributed by atoms with van der Waals surface area (Å²) in [5, 5.41) is 20.6. The van der Waals surface area contributed by atoms with Gasteiger partial charge in [0.15, 0.2) is 6.10 Å². The Morgan fingerprint density at radius 1 is 0.283 bits per heavy atom. The Morgan fingerprint density at radius 3 is 0.798 bits per heavy atom. The molecule has 0 bridgehead atoms. The highest BCUT2D eigenvalue weighted by Gasteiger charge is 2.29. The average molecular weight is 1430 g/mol. The van der Waals surface area contributed by atoms with Gasteiger partial charge in [0.25, 0.3) is 0 Å². The zero-order valence-electron chi connectivity index (χ0n) is 61.4. The van der Waals surface area contributed by atoms with Crippen LogP contribution in [0.1, 0.15) is 278 Å². The number of aliphatic hydroxyl groups excluding tert-OH is 2. The summed E-state index contributed by atoms with van der Waals surface area (Å²) < 4.78 is 61.1. The number of phosphoric ester groups is 2. The molecule has 0 aliphatic carbocycles. The molecule has 0 aromatic carbocycles. The van der Waals surface area contributed by atoms with Crippen LogP contribution in [0.4, 0.5) is 0 Å². The van der Waals surface area contributed by atoms with Crippen molar-refractivity contribution >= 4 is 33.6 Å². The molecule has 0 aliphatic heterocycles. The quantitative estimate of drug-likeness (QED) is 0.0146. The molecule has 0 saturated carbocycles. The van der Waals surface area contributed by atoms with Gasteiger partial charge in [0, 0.05) is 19.3 Å². The predicted octanol–water partition coefficient (Wildman–Crippen LogP) is 21.9. The van der Waals surface area contributed by atoms with E-state index in [1.165, 1.54) is 19.3 Å². The maximum Gasteiger partial charge on any atom is 0.472 e. The standard InChI is InChI=1S/C81H134O16P2/c1-4-7-10-13-16-19-22-25-28-31-33-34-35-36-37-38-39-40-42-45-46-49-52-55-58-61-64-67-79(84)91-70-76(82)71-93-98(87,88)94-72-77(83)73-95-99(89,90)96-75-78(97-81(86)69-66-63-60-57-54-51-48-43-30-27-24-21-18-15-12-9-6-3)74-92-80(85)68-65-62-59-56-53-50-47-44-41-32-29-26-23-20-17-14-11-8-5-2/h7-12,16-21,25-30,33-34,36-37,39-41,44,76-78,82-83H,4-6,13-15,22-24,31-32,35,38,42-43,45-75H2,1-3H3,(H,87,88)(H,89,90)/b10-7-,11-8-,12-9-,19-16-,20-17-,21-18-,28-25-,29-26-,30-27-,34-33-,37-36-,40-39-,44-41-. The first-order chi connectivity index (χ1) is 48.2. The van der Waals surface area contributed by atoms with Crippen LogP contribution in [0, 0.1) is 0 Å². The van der Waals surface area contributed by atoms with Crippen LogP contribution < -0.4 is 0 Å². The maximum atomic E-state index is 13.0. The van der Waals surface area contributed by atoms with Gasteiger partial charge in [-0.2, -0.15) is 0 Å². The lowest BCUT2D eigenvalue weighted by Crippen LogP contribution is -2.30. The molecule has 5 atom stereocenters. The number of rotatable bonds is 70. The summed E-state index contributed by atoms with van der Waals surface area (Å²) in [5.74, 6) is -1.62. The van der Waals surface area contributed by atoms with Gasteiger partial charge < -0.3 is 34.2 Å². The molecule has 4 N–H and O–H groups in total. The van der Waals surface area contributed by atoms with Gasteiger partial charge in [-0.15, -0.1) is 0 Å². The molecule has 0 amide bonds. The average Bonchev–Trinajstić information content (AvgIpc) is 2.62. The molecule has 0 radical (unpaired) electrons. The third-order valence-corrected chi connectivity index (χ3v) is 17.1. The summed E-state index contributed by atoms with van der Waals surface area (Å²) in [6.45, 7) is 2.29. The fourth-order valence-electron chi connectivity index (χ4n) is 9.58. The highest BCUT2D eigenvalue weighted by molar-refractivity contribution is 7.47. The maximum absolute atomic E-state index is 13.0. The van der Waals surface area contributed by atoms with Crippen molar-refractivity contribution in [3.8, 4) is 0 Å². The van der Waals surface area contributed by atoms with Crippen LogP contribution in [0.15, 0.2) is 158 Å². The van der Waals surface area contributed by atoms with Crippen LogP contribution in [-0.2, 0) is 55.8 Å². The van der Waals surface area contributed by atoms with Crippen molar-refractivity contribution in [2.75, 3.05) is 39.6 Å². The van der Waals surface area contributed by atoms with Gasteiger partial charge in [0.2, 0.25) is 0 Å². The van der Waals surface area contributed by atoms with Gasteiger partial charge in [-0.05, 0) is 141 Å². The van der Waals surface area contributed by atoms with E-state index in [4.69, 9.17) is 32.3 Å². The smallest absolute Gasteiger partial charge is 0.463 e. The minimum atomic E-state index is -4.94. The summed E-state index contributed by atoms with van der Waals surface area (Å²) >= 11 is 0. The second-order valence-electron chi connectivity index (χ2n) is 24.7. The molecule has 0 aromatic heterocycles. The molecule has 16 nitrogen and oxygen atoms in total.